The highest BCUT2D eigenvalue weighted by Gasteiger charge is 2.37. The molecule has 0 aromatic heterocycles. The topological polar surface area (TPSA) is 83.6 Å². The third-order valence-electron chi connectivity index (χ3n) is 4.02. The van der Waals surface area contributed by atoms with Gasteiger partial charge in [-0.3, -0.25) is 9.59 Å². The molecular formula is C16H22N2O4S. The molecule has 0 radical (unpaired) electrons. The first-order valence-electron chi connectivity index (χ1n) is 7.60. The summed E-state index contributed by atoms with van der Waals surface area (Å²) in [6.07, 6.45) is 2.63. The molecule has 1 amide bonds. The highest BCUT2D eigenvalue weighted by atomic mass is 32.2. The second-order valence-corrected chi connectivity index (χ2v) is 7.83. The Morgan fingerprint density at radius 2 is 1.96 bits per heavy atom. The Balaban J connectivity index is 2.08. The minimum atomic E-state index is -3.42. The second kappa shape index (κ2) is 7.23. The molecule has 1 aliphatic rings. The van der Waals surface area contributed by atoms with Gasteiger partial charge in [-0.2, -0.15) is 4.31 Å². The average Bonchev–Trinajstić information content (AvgIpc) is 2.97. The number of hydrogen-bond donors (Lipinski definition) is 1. The summed E-state index contributed by atoms with van der Waals surface area (Å²) in [6.45, 7) is 1.78. The van der Waals surface area contributed by atoms with Gasteiger partial charge in [0.2, 0.25) is 15.9 Å². The quantitative estimate of drug-likeness (QED) is 0.829. The van der Waals surface area contributed by atoms with Gasteiger partial charge in [0.15, 0.2) is 5.78 Å². The zero-order chi connectivity index (χ0) is 17.0. The van der Waals surface area contributed by atoms with Crippen molar-refractivity contribution in [3.63, 3.8) is 0 Å². The number of nitrogens with one attached hydrogen (secondary N) is 1. The Morgan fingerprint density at radius 1 is 1.30 bits per heavy atom. The maximum atomic E-state index is 12.4. The molecule has 1 saturated heterocycles. The van der Waals surface area contributed by atoms with E-state index in [1.807, 2.05) is 30.3 Å². The van der Waals surface area contributed by atoms with Gasteiger partial charge in [-0.15, -0.1) is 0 Å². The molecule has 23 heavy (non-hydrogen) atoms. The molecule has 1 N–H and O–H groups in total. The standard InChI is InChI=1S/C16H22N2O4S/c1-12(19)14(11-13-7-4-3-5-8-13)17-16(20)15-9-6-10-18(15)23(2,21)22/h3-5,7-8,14-15H,6,9-11H2,1-2H3,(H,17,20)/t14-,15?/m0/s1. The van der Waals surface area contributed by atoms with Crippen LogP contribution in [0.25, 0.3) is 0 Å². The summed E-state index contributed by atoms with van der Waals surface area (Å²) in [7, 11) is -3.42. The molecule has 1 fully saturated rings. The van der Waals surface area contributed by atoms with E-state index in [0.717, 1.165) is 11.8 Å². The van der Waals surface area contributed by atoms with Crippen LogP contribution in [0.4, 0.5) is 0 Å². The van der Waals surface area contributed by atoms with Gasteiger partial charge < -0.3 is 5.32 Å². The van der Waals surface area contributed by atoms with E-state index in [1.165, 1.54) is 11.2 Å². The van der Waals surface area contributed by atoms with Crippen LogP contribution in [0, 0.1) is 0 Å². The minimum Gasteiger partial charge on any atom is -0.345 e. The van der Waals surface area contributed by atoms with Gasteiger partial charge in [-0.25, -0.2) is 8.42 Å². The van der Waals surface area contributed by atoms with Crippen LogP contribution in [0.5, 0.6) is 0 Å². The summed E-state index contributed by atoms with van der Waals surface area (Å²) in [4.78, 5) is 24.3. The number of rotatable bonds is 6. The summed E-state index contributed by atoms with van der Waals surface area (Å²) < 4.78 is 24.7. The summed E-state index contributed by atoms with van der Waals surface area (Å²) >= 11 is 0. The molecule has 1 aromatic carbocycles. The van der Waals surface area contributed by atoms with E-state index < -0.39 is 28.0 Å². The molecule has 0 saturated carbocycles. The van der Waals surface area contributed by atoms with Crippen molar-refractivity contribution in [1.29, 1.82) is 0 Å². The average molecular weight is 338 g/mol. The van der Waals surface area contributed by atoms with E-state index in [2.05, 4.69) is 5.32 Å². The Morgan fingerprint density at radius 3 is 2.52 bits per heavy atom. The molecule has 7 heteroatoms. The SMILES string of the molecule is CC(=O)[C@H](Cc1ccccc1)NC(=O)C1CCCN1S(C)(=O)=O. The van der Waals surface area contributed by atoms with Gasteiger partial charge in [0.05, 0.1) is 12.3 Å². The number of hydrogen-bond acceptors (Lipinski definition) is 4. The highest BCUT2D eigenvalue weighted by molar-refractivity contribution is 7.88. The first kappa shape index (κ1) is 17.6. The van der Waals surface area contributed by atoms with Gasteiger partial charge in [0.25, 0.3) is 0 Å². The monoisotopic (exact) mass is 338 g/mol. The van der Waals surface area contributed by atoms with E-state index >= 15 is 0 Å². The molecule has 1 aromatic rings. The third kappa shape index (κ3) is 4.62. The molecule has 1 heterocycles. The molecule has 0 spiro atoms. The Bertz CT molecular complexity index is 673. The number of benzene rings is 1. The molecule has 1 unspecified atom stereocenters. The Labute approximate surface area is 136 Å². The number of carbonyl (C=O) groups is 2. The van der Waals surface area contributed by atoms with Crippen LogP contribution in [0.1, 0.15) is 25.3 Å². The van der Waals surface area contributed by atoms with Gasteiger partial charge >= 0.3 is 0 Å². The van der Waals surface area contributed by atoms with E-state index in [9.17, 15) is 18.0 Å². The molecular weight excluding hydrogens is 316 g/mol. The van der Waals surface area contributed by atoms with Crippen molar-refractivity contribution in [1.82, 2.24) is 9.62 Å². The zero-order valence-corrected chi connectivity index (χ0v) is 14.2. The van der Waals surface area contributed by atoms with Gasteiger partial charge in [-0.05, 0) is 31.7 Å². The van der Waals surface area contributed by atoms with Crippen molar-refractivity contribution in [3.05, 3.63) is 35.9 Å². The van der Waals surface area contributed by atoms with Crippen LogP contribution < -0.4 is 5.32 Å². The molecule has 6 nitrogen and oxygen atoms in total. The molecule has 0 bridgehead atoms. The predicted octanol–water partition coefficient (Wildman–Crippen LogP) is 0.727. The van der Waals surface area contributed by atoms with E-state index in [0.29, 0.717) is 25.8 Å². The van der Waals surface area contributed by atoms with Crippen LogP contribution in [-0.4, -0.2) is 49.3 Å². The lowest BCUT2D eigenvalue weighted by molar-refractivity contribution is -0.128. The van der Waals surface area contributed by atoms with Crippen LogP contribution in [0.3, 0.4) is 0 Å². The van der Waals surface area contributed by atoms with Crippen molar-refractivity contribution in [2.75, 3.05) is 12.8 Å². The maximum absolute atomic E-state index is 12.4. The van der Waals surface area contributed by atoms with Crippen molar-refractivity contribution >= 4 is 21.7 Å². The zero-order valence-electron chi connectivity index (χ0n) is 13.4. The maximum Gasteiger partial charge on any atom is 0.239 e. The lowest BCUT2D eigenvalue weighted by atomic mass is 10.0. The molecule has 0 aliphatic carbocycles. The predicted molar refractivity (Wildman–Crippen MR) is 87.3 cm³/mol. The fourth-order valence-electron chi connectivity index (χ4n) is 2.81. The number of nitrogens with zero attached hydrogens (tertiary/aromatic N) is 1. The first-order valence-corrected chi connectivity index (χ1v) is 9.45. The van der Waals surface area contributed by atoms with Crippen LogP contribution in [0.15, 0.2) is 30.3 Å². The van der Waals surface area contributed by atoms with Crippen molar-refractivity contribution in [2.24, 2.45) is 0 Å². The summed E-state index contributed by atoms with van der Waals surface area (Å²) in [6, 6.07) is 8.04. The third-order valence-corrected chi connectivity index (χ3v) is 5.31. The largest absolute Gasteiger partial charge is 0.345 e. The van der Waals surface area contributed by atoms with Gasteiger partial charge in [0.1, 0.15) is 6.04 Å². The summed E-state index contributed by atoms with van der Waals surface area (Å²) in [5, 5.41) is 2.71. The van der Waals surface area contributed by atoms with Crippen molar-refractivity contribution in [2.45, 2.75) is 38.3 Å². The summed E-state index contributed by atoms with van der Waals surface area (Å²) in [5.74, 6) is -0.546. The van der Waals surface area contributed by atoms with E-state index in [1.54, 1.807) is 0 Å². The molecule has 126 valence electrons. The molecule has 1 aliphatic heterocycles. The van der Waals surface area contributed by atoms with Crippen molar-refractivity contribution in [3.8, 4) is 0 Å². The molecule has 2 atom stereocenters. The normalized spacial score (nSPS) is 20.2. The fraction of sp³-hybridized carbons (Fsp3) is 0.500. The second-order valence-electron chi connectivity index (χ2n) is 5.89. The summed E-state index contributed by atoms with van der Waals surface area (Å²) in [5.41, 5.74) is 0.944. The number of amides is 1. The first-order chi connectivity index (χ1) is 10.8. The number of carbonyl (C=O) groups excluding carboxylic acids is 2. The fourth-order valence-corrected chi connectivity index (χ4v) is 3.94. The minimum absolute atomic E-state index is 0.147. The van der Waals surface area contributed by atoms with Gasteiger partial charge in [0, 0.05) is 6.54 Å². The Kier molecular flexibility index (Phi) is 5.54. The number of sulfonamides is 1. The van der Waals surface area contributed by atoms with Gasteiger partial charge in [-0.1, -0.05) is 30.3 Å². The van der Waals surface area contributed by atoms with E-state index in [-0.39, 0.29) is 5.78 Å². The number of Topliss-reactive ketones (excluding diaryl/α,β-unsaturated/α-hetero) is 1. The Hall–Kier alpha value is -1.73. The van der Waals surface area contributed by atoms with Crippen LogP contribution in [0.2, 0.25) is 0 Å². The smallest absolute Gasteiger partial charge is 0.239 e. The highest BCUT2D eigenvalue weighted by Crippen LogP contribution is 2.20. The van der Waals surface area contributed by atoms with E-state index in [4.69, 9.17) is 0 Å². The lowest BCUT2D eigenvalue weighted by Crippen LogP contribution is -2.50. The lowest BCUT2D eigenvalue weighted by Gasteiger charge is -2.24. The van der Waals surface area contributed by atoms with Crippen LogP contribution in [-0.2, 0) is 26.0 Å². The molecule has 2 rings (SSSR count). The van der Waals surface area contributed by atoms with Crippen LogP contribution >= 0.6 is 0 Å². The number of ketones is 1. The van der Waals surface area contributed by atoms with Crippen molar-refractivity contribution < 1.29 is 18.0 Å².